The highest BCUT2D eigenvalue weighted by Crippen LogP contribution is 2.27. The van der Waals surface area contributed by atoms with Crippen molar-refractivity contribution in [1.82, 2.24) is 9.78 Å². The predicted octanol–water partition coefficient (Wildman–Crippen LogP) is 4.49. The quantitative estimate of drug-likeness (QED) is 0.392. The average Bonchev–Trinajstić information content (AvgIpc) is 3.04. The third-order valence-corrected chi connectivity index (χ3v) is 4.26. The molecule has 0 amide bonds. The first-order valence-electron chi connectivity index (χ1n) is 7.41. The lowest BCUT2D eigenvalue weighted by Gasteiger charge is -2.01. The van der Waals surface area contributed by atoms with Gasteiger partial charge in [-0.2, -0.15) is 10.4 Å². The van der Waals surface area contributed by atoms with Crippen LogP contribution in [-0.2, 0) is 0 Å². The Labute approximate surface area is 159 Å². The maximum atomic E-state index is 9.27. The van der Waals surface area contributed by atoms with Gasteiger partial charge in [0.15, 0.2) is 0 Å². The maximum Gasteiger partial charge on any atom is 0.114 e. The number of thiocarbonyl (C=S) groups is 1. The summed E-state index contributed by atoms with van der Waals surface area (Å²) < 4.78 is 2.72. The lowest BCUT2D eigenvalue weighted by atomic mass is 10.1. The molecule has 122 valence electrons. The van der Waals surface area contributed by atoms with Gasteiger partial charge in [-0.25, -0.2) is 4.68 Å². The van der Waals surface area contributed by atoms with Gasteiger partial charge in [0.1, 0.15) is 16.8 Å². The van der Waals surface area contributed by atoms with Crippen molar-refractivity contribution in [2.45, 2.75) is 0 Å². The second-order valence-corrected chi connectivity index (χ2v) is 6.61. The number of aromatic nitrogens is 2. The lowest BCUT2D eigenvalue weighted by molar-refractivity contribution is 0.884. The van der Waals surface area contributed by atoms with E-state index in [1.165, 1.54) is 0 Å². The number of para-hydroxylation sites is 1. The van der Waals surface area contributed by atoms with Crippen molar-refractivity contribution in [1.29, 1.82) is 5.26 Å². The normalized spacial score (nSPS) is 11.1. The van der Waals surface area contributed by atoms with Crippen molar-refractivity contribution in [2.75, 3.05) is 0 Å². The largest absolute Gasteiger partial charge is 0.389 e. The zero-order chi connectivity index (χ0) is 17.8. The van der Waals surface area contributed by atoms with Crippen molar-refractivity contribution in [3.05, 3.63) is 76.4 Å². The molecular formula is C19H13BrN4S. The molecule has 0 atom stereocenters. The number of nitrogens with zero attached hydrogens (tertiary/aromatic N) is 3. The first-order valence-corrected chi connectivity index (χ1v) is 8.61. The van der Waals surface area contributed by atoms with Gasteiger partial charge in [-0.15, -0.1) is 0 Å². The minimum atomic E-state index is 0.0650. The summed E-state index contributed by atoms with van der Waals surface area (Å²) in [5.41, 5.74) is 9.24. The maximum absolute atomic E-state index is 9.27. The van der Waals surface area contributed by atoms with Gasteiger partial charge in [0.2, 0.25) is 0 Å². The minimum Gasteiger partial charge on any atom is -0.389 e. The lowest BCUT2D eigenvalue weighted by Crippen LogP contribution is -2.09. The molecule has 0 aliphatic carbocycles. The fraction of sp³-hybridized carbons (Fsp3) is 0. The van der Waals surface area contributed by atoms with Crippen molar-refractivity contribution in [3.8, 4) is 23.0 Å². The zero-order valence-electron chi connectivity index (χ0n) is 13.1. The Morgan fingerprint density at radius 2 is 1.96 bits per heavy atom. The molecule has 25 heavy (non-hydrogen) atoms. The molecule has 0 unspecified atom stereocenters. The molecule has 2 N–H and O–H groups in total. The van der Waals surface area contributed by atoms with Crippen molar-refractivity contribution in [2.24, 2.45) is 5.73 Å². The average molecular weight is 409 g/mol. The van der Waals surface area contributed by atoms with Crippen LogP contribution in [0, 0.1) is 11.3 Å². The number of hydrogen-bond acceptors (Lipinski definition) is 3. The number of hydrogen-bond donors (Lipinski definition) is 1. The SMILES string of the molecule is N#C/C(=C\c1cn(-c2ccccc2)nc1-c1cccc(Br)c1)C(N)=S. The first-order chi connectivity index (χ1) is 12.1. The van der Waals surface area contributed by atoms with Crippen LogP contribution in [0.1, 0.15) is 5.56 Å². The van der Waals surface area contributed by atoms with Gasteiger partial charge in [0, 0.05) is 21.8 Å². The van der Waals surface area contributed by atoms with E-state index < -0.39 is 0 Å². The van der Waals surface area contributed by atoms with Crippen LogP contribution in [0.2, 0.25) is 0 Å². The zero-order valence-corrected chi connectivity index (χ0v) is 15.5. The third-order valence-electron chi connectivity index (χ3n) is 3.55. The topological polar surface area (TPSA) is 67.6 Å². The van der Waals surface area contributed by atoms with E-state index in [1.807, 2.05) is 66.9 Å². The molecule has 0 spiro atoms. The molecular weight excluding hydrogens is 396 g/mol. The molecule has 3 aromatic rings. The molecule has 1 aromatic heterocycles. The Morgan fingerprint density at radius 1 is 1.20 bits per heavy atom. The second kappa shape index (κ2) is 7.43. The molecule has 0 saturated carbocycles. The van der Waals surface area contributed by atoms with E-state index in [0.29, 0.717) is 0 Å². The first kappa shape index (κ1) is 17.1. The molecule has 0 aliphatic heterocycles. The van der Waals surface area contributed by atoms with Gasteiger partial charge >= 0.3 is 0 Å². The molecule has 1 heterocycles. The Bertz CT molecular complexity index is 1000. The van der Waals surface area contributed by atoms with E-state index in [4.69, 9.17) is 23.1 Å². The van der Waals surface area contributed by atoms with E-state index in [9.17, 15) is 5.26 Å². The number of nitriles is 1. The summed E-state index contributed by atoms with van der Waals surface area (Å²) >= 11 is 8.43. The summed E-state index contributed by atoms with van der Waals surface area (Å²) in [6, 6.07) is 19.6. The molecule has 3 rings (SSSR count). The van der Waals surface area contributed by atoms with E-state index >= 15 is 0 Å². The van der Waals surface area contributed by atoms with E-state index in [2.05, 4.69) is 15.9 Å². The highest BCUT2D eigenvalue weighted by molar-refractivity contribution is 9.10. The van der Waals surface area contributed by atoms with Crippen LogP contribution < -0.4 is 5.73 Å². The van der Waals surface area contributed by atoms with E-state index in [1.54, 1.807) is 10.8 Å². The van der Waals surface area contributed by atoms with Crippen LogP contribution in [0.25, 0.3) is 23.0 Å². The number of nitrogens with two attached hydrogens (primary N) is 1. The summed E-state index contributed by atoms with van der Waals surface area (Å²) in [4.78, 5) is 0.0650. The van der Waals surface area contributed by atoms with Crippen LogP contribution >= 0.6 is 28.1 Å². The monoisotopic (exact) mass is 408 g/mol. The molecule has 2 aromatic carbocycles. The number of benzene rings is 2. The Morgan fingerprint density at radius 3 is 2.60 bits per heavy atom. The number of rotatable bonds is 4. The highest BCUT2D eigenvalue weighted by atomic mass is 79.9. The molecule has 0 radical (unpaired) electrons. The van der Waals surface area contributed by atoms with Crippen LogP contribution in [0.4, 0.5) is 0 Å². The fourth-order valence-corrected chi connectivity index (χ4v) is 2.88. The summed E-state index contributed by atoms with van der Waals surface area (Å²) in [7, 11) is 0. The summed E-state index contributed by atoms with van der Waals surface area (Å²) in [5, 5.41) is 14.0. The second-order valence-electron chi connectivity index (χ2n) is 5.26. The van der Waals surface area contributed by atoms with E-state index in [-0.39, 0.29) is 10.6 Å². The van der Waals surface area contributed by atoms with Gasteiger partial charge in [-0.3, -0.25) is 0 Å². The summed E-state index contributed by atoms with van der Waals surface area (Å²) in [5.74, 6) is 0. The van der Waals surface area contributed by atoms with Gasteiger partial charge in [0.05, 0.1) is 11.3 Å². The molecule has 0 aliphatic rings. The summed E-state index contributed by atoms with van der Waals surface area (Å²) in [6.45, 7) is 0. The van der Waals surface area contributed by atoms with Gasteiger partial charge in [0.25, 0.3) is 0 Å². The standard InChI is InChI=1S/C19H13BrN4S/c20-16-6-4-5-13(10-16)18-15(9-14(11-21)19(22)25)12-24(23-18)17-7-2-1-3-8-17/h1-10,12H,(H2,22,25)/b14-9+. The molecule has 0 fully saturated rings. The smallest absolute Gasteiger partial charge is 0.114 e. The molecule has 0 bridgehead atoms. The van der Waals surface area contributed by atoms with Gasteiger partial charge in [-0.05, 0) is 30.3 Å². The number of halogens is 1. The van der Waals surface area contributed by atoms with Gasteiger partial charge < -0.3 is 5.73 Å². The van der Waals surface area contributed by atoms with Crippen molar-refractivity contribution >= 4 is 39.2 Å². The molecule has 6 heteroatoms. The molecule has 4 nitrogen and oxygen atoms in total. The van der Waals surface area contributed by atoms with Crippen molar-refractivity contribution < 1.29 is 0 Å². The highest BCUT2D eigenvalue weighted by Gasteiger charge is 2.13. The van der Waals surface area contributed by atoms with Gasteiger partial charge in [-0.1, -0.05) is 58.5 Å². The van der Waals surface area contributed by atoms with Crippen LogP contribution in [0.15, 0.2) is 70.8 Å². The molecule has 0 saturated heterocycles. The van der Waals surface area contributed by atoms with Crippen LogP contribution in [-0.4, -0.2) is 14.8 Å². The van der Waals surface area contributed by atoms with Crippen molar-refractivity contribution in [3.63, 3.8) is 0 Å². The van der Waals surface area contributed by atoms with E-state index in [0.717, 1.165) is 27.0 Å². The van der Waals surface area contributed by atoms with Crippen LogP contribution in [0.5, 0.6) is 0 Å². The minimum absolute atomic E-state index is 0.0650. The third kappa shape index (κ3) is 3.85. The summed E-state index contributed by atoms with van der Waals surface area (Å²) in [6.07, 6.45) is 3.53. The Balaban J connectivity index is 2.20. The fourth-order valence-electron chi connectivity index (χ4n) is 2.38. The Hall–Kier alpha value is -2.75. The Kier molecular flexibility index (Phi) is 5.08. The van der Waals surface area contributed by atoms with Crippen LogP contribution in [0.3, 0.4) is 0 Å². The predicted molar refractivity (Wildman–Crippen MR) is 107 cm³/mol.